The summed E-state index contributed by atoms with van der Waals surface area (Å²) in [6.07, 6.45) is -3.95. The molecule has 0 saturated heterocycles. The van der Waals surface area contributed by atoms with Gasteiger partial charge >= 0.3 is 6.18 Å². The zero-order valence-electron chi connectivity index (χ0n) is 12.6. The predicted molar refractivity (Wildman–Crippen MR) is 71.9 cm³/mol. The van der Waals surface area contributed by atoms with Crippen molar-refractivity contribution in [3.05, 3.63) is 18.2 Å². The molecule has 1 heterocycles. The van der Waals surface area contributed by atoms with E-state index in [1.165, 1.54) is 26.4 Å². The molecular formula is C13H20F3N3O3. The average molecular weight is 323 g/mol. The Morgan fingerprint density at radius 1 is 1.55 bits per heavy atom. The third-order valence-corrected chi connectivity index (χ3v) is 3.23. The van der Waals surface area contributed by atoms with E-state index in [4.69, 9.17) is 4.74 Å². The molecule has 0 fully saturated rings. The van der Waals surface area contributed by atoms with Crippen LogP contribution in [0.3, 0.4) is 0 Å². The van der Waals surface area contributed by atoms with Crippen molar-refractivity contribution in [1.82, 2.24) is 14.9 Å². The summed E-state index contributed by atoms with van der Waals surface area (Å²) in [5.41, 5.74) is -3.13. The highest BCUT2D eigenvalue weighted by molar-refractivity contribution is 5.80. The fourth-order valence-corrected chi connectivity index (χ4v) is 1.98. The first-order valence-electron chi connectivity index (χ1n) is 6.79. The number of ether oxygens (including phenoxy) is 1. The molecule has 22 heavy (non-hydrogen) atoms. The number of imidazole rings is 1. The molecule has 0 aliphatic rings. The molecule has 2 N–H and O–H groups in total. The number of halogens is 3. The number of hydrogen-bond acceptors (Lipinski definition) is 4. The number of amides is 1. The number of aryl methyl sites for hydroxylation is 1. The van der Waals surface area contributed by atoms with Crippen molar-refractivity contribution in [2.45, 2.75) is 38.1 Å². The highest BCUT2D eigenvalue weighted by atomic mass is 19.4. The summed E-state index contributed by atoms with van der Waals surface area (Å²) in [4.78, 5) is 15.2. The summed E-state index contributed by atoms with van der Waals surface area (Å²) in [7, 11) is 1.36. The van der Waals surface area contributed by atoms with Gasteiger partial charge < -0.3 is 19.7 Å². The van der Waals surface area contributed by atoms with Crippen molar-refractivity contribution in [3.63, 3.8) is 0 Å². The molecule has 0 spiro atoms. The van der Waals surface area contributed by atoms with Crippen molar-refractivity contribution < 1.29 is 27.8 Å². The van der Waals surface area contributed by atoms with Gasteiger partial charge in [-0.25, -0.2) is 4.98 Å². The molecular weight excluding hydrogens is 303 g/mol. The molecule has 0 saturated carbocycles. The van der Waals surface area contributed by atoms with Crippen molar-refractivity contribution in [3.8, 4) is 0 Å². The van der Waals surface area contributed by atoms with Crippen LogP contribution in [0.25, 0.3) is 0 Å². The van der Waals surface area contributed by atoms with Gasteiger partial charge in [-0.2, -0.15) is 13.2 Å². The second-order valence-electron chi connectivity index (χ2n) is 4.86. The van der Waals surface area contributed by atoms with Crippen molar-refractivity contribution in [2.75, 3.05) is 13.2 Å². The van der Waals surface area contributed by atoms with Crippen LogP contribution in [-0.2, 0) is 22.2 Å². The average Bonchev–Trinajstić information content (AvgIpc) is 2.84. The van der Waals surface area contributed by atoms with Crippen LogP contribution in [-0.4, -0.2) is 46.0 Å². The van der Waals surface area contributed by atoms with Gasteiger partial charge in [0.05, 0.1) is 0 Å². The normalized spacial score (nSPS) is 16.1. The van der Waals surface area contributed by atoms with Gasteiger partial charge in [-0.3, -0.25) is 4.79 Å². The van der Waals surface area contributed by atoms with Gasteiger partial charge in [-0.1, -0.05) is 0 Å². The van der Waals surface area contributed by atoms with Crippen LogP contribution in [0.1, 0.15) is 26.1 Å². The smallest absolute Gasteiger partial charge is 0.374 e. The highest BCUT2D eigenvalue weighted by Crippen LogP contribution is 2.40. The monoisotopic (exact) mass is 323 g/mol. The molecule has 1 amide bonds. The third-order valence-electron chi connectivity index (χ3n) is 3.23. The number of carbonyl (C=O) groups excluding carboxylic acids is 1. The van der Waals surface area contributed by atoms with Gasteiger partial charge in [-0.15, -0.1) is 0 Å². The summed E-state index contributed by atoms with van der Waals surface area (Å²) in [5.74, 6) is -1.06. The van der Waals surface area contributed by atoms with E-state index in [0.717, 1.165) is 4.57 Å². The van der Waals surface area contributed by atoms with E-state index >= 15 is 0 Å². The maximum Gasteiger partial charge on any atom is 0.424 e. The summed E-state index contributed by atoms with van der Waals surface area (Å²) in [6, 6.07) is 0. The van der Waals surface area contributed by atoms with Gasteiger partial charge in [0, 0.05) is 39.0 Å². The Bertz CT molecular complexity index is 504. The molecule has 0 aliphatic carbocycles. The Morgan fingerprint density at radius 2 is 2.18 bits per heavy atom. The zero-order valence-corrected chi connectivity index (χ0v) is 12.6. The molecule has 0 radical (unpaired) electrons. The molecule has 2 unspecified atom stereocenters. The number of rotatable bonds is 7. The number of aromatic nitrogens is 2. The minimum atomic E-state index is -4.91. The Morgan fingerprint density at radius 3 is 2.64 bits per heavy atom. The van der Waals surface area contributed by atoms with Gasteiger partial charge in [0.15, 0.2) is 0 Å². The standard InChI is InChI=1S/C13H20F3N3O3/c1-4-22-9(2)10(20)17-6-5-12(21,13(14,15)16)11-18-7-8-19(11)3/h7-9,21H,4-6H2,1-3H3,(H,17,20). The molecule has 0 bridgehead atoms. The van der Waals surface area contributed by atoms with E-state index in [1.807, 2.05) is 0 Å². The SMILES string of the molecule is CCOC(C)C(=O)NCCC(O)(c1nccn1C)C(F)(F)F. The fourth-order valence-electron chi connectivity index (χ4n) is 1.98. The Hall–Kier alpha value is -1.61. The molecule has 2 atom stereocenters. The number of alkyl halides is 3. The van der Waals surface area contributed by atoms with Gasteiger partial charge in [-0.05, 0) is 13.8 Å². The number of carbonyl (C=O) groups is 1. The van der Waals surface area contributed by atoms with Crippen LogP contribution < -0.4 is 5.32 Å². The molecule has 6 nitrogen and oxygen atoms in total. The van der Waals surface area contributed by atoms with Gasteiger partial charge in [0.1, 0.15) is 11.9 Å². The van der Waals surface area contributed by atoms with Gasteiger partial charge in [0.25, 0.3) is 0 Å². The molecule has 1 aromatic rings. The van der Waals surface area contributed by atoms with E-state index in [-0.39, 0.29) is 6.54 Å². The summed E-state index contributed by atoms with van der Waals surface area (Å²) >= 11 is 0. The molecule has 126 valence electrons. The Labute approximate surface area is 126 Å². The van der Waals surface area contributed by atoms with Crippen LogP contribution in [0.5, 0.6) is 0 Å². The van der Waals surface area contributed by atoms with Crippen LogP contribution >= 0.6 is 0 Å². The van der Waals surface area contributed by atoms with Crippen molar-refractivity contribution >= 4 is 5.91 Å². The fraction of sp³-hybridized carbons (Fsp3) is 0.692. The third kappa shape index (κ3) is 3.98. The van der Waals surface area contributed by atoms with E-state index < -0.39 is 36.0 Å². The Balaban J connectivity index is 2.77. The lowest BCUT2D eigenvalue weighted by atomic mass is 9.97. The van der Waals surface area contributed by atoms with Crippen LogP contribution in [0, 0.1) is 0 Å². The number of nitrogens with one attached hydrogen (secondary N) is 1. The first kappa shape index (κ1) is 18.4. The first-order chi connectivity index (χ1) is 10.1. The van der Waals surface area contributed by atoms with Crippen LogP contribution in [0.4, 0.5) is 13.2 Å². The van der Waals surface area contributed by atoms with Crippen molar-refractivity contribution in [1.29, 1.82) is 0 Å². The molecule has 0 aromatic carbocycles. The summed E-state index contributed by atoms with van der Waals surface area (Å²) in [5, 5.41) is 12.4. The largest absolute Gasteiger partial charge is 0.424 e. The van der Waals surface area contributed by atoms with E-state index in [0.29, 0.717) is 6.61 Å². The summed E-state index contributed by atoms with van der Waals surface area (Å²) in [6.45, 7) is 3.15. The van der Waals surface area contributed by atoms with E-state index in [1.54, 1.807) is 6.92 Å². The number of hydrogen-bond donors (Lipinski definition) is 2. The minimum absolute atomic E-state index is 0.314. The topological polar surface area (TPSA) is 76.4 Å². The molecule has 1 rings (SSSR count). The minimum Gasteiger partial charge on any atom is -0.374 e. The maximum absolute atomic E-state index is 13.2. The van der Waals surface area contributed by atoms with Crippen LogP contribution in [0.2, 0.25) is 0 Å². The van der Waals surface area contributed by atoms with Gasteiger partial charge in [0.2, 0.25) is 11.5 Å². The van der Waals surface area contributed by atoms with Crippen molar-refractivity contribution in [2.24, 2.45) is 7.05 Å². The molecule has 9 heteroatoms. The quantitative estimate of drug-likeness (QED) is 0.788. The lowest BCUT2D eigenvalue weighted by Crippen LogP contribution is -2.47. The lowest BCUT2D eigenvalue weighted by molar-refractivity contribution is -0.272. The second kappa shape index (κ2) is 7.10. The Kier molecular flexibility index (Phi) is 5.95. The zero-order chi connectivity index (χ0) is 17.0. The lowest BCUT2D eigenvalue weighted by Gasteiger charge is -2.30. The second-order valence-corrected chi connectivity index (χ2v) is 4.86. The molecule has 0 aliphatic heterocycles. The first-order valence-corrected chi connectivity index (χ1v) is 6.79. The molecule has 1 aromatic heterocycles. The highest BCUT2D eigenvalue weighted by Gasteiger charge is 2.57. The number of aliphatic hydroxyl groups is 1. The van der Waals surface area contributed by atoms with E-state index in [9.17, 15) is 23.1 Å². The van der Waals surface area contributed by atoms with Crippen LogP contribution in [0.15, 0.2) is 12.4 Å². The summed E-state index contributed by atoms with van der Waals surface area (Å²) < 4.78 is 45.8. The predicted octanol–water partition coefficient (Wildman–Crippen LogP) is 1.10. The maximum atomic E-state index is 13.2. The number of nitrogens with zero attached hydrogens (tertiary/aromatic N) is 2. The van der Waals surface area contributed by atoms with E-state index in [2.05, 4.69) is 10.3 Å².